The van der Waals surface area contributed by atoms with Crippen LogP contribution >= 0.6 is 15.9 Å². The number of ether oxygens (including phenoxy) is 3. The lowest BCUT2D eigenvalue weighted by atomic mass is 10.1. The fraction of sp³-hybridized carbons (Fsp3) is 0.185. The molecule has 10 nitrogen and oxygen atoms in total. The van der Waals surface area contributed by atoms with E-state index in [1.165, 1.54) is 20.4 Å². The van der Waals surface area contributed by atoms with Gasteiger partial charge in [-0.2, -0.15) is 5.10 Å². The van der Waals surface area contributed by atoms with Crippen LogP contribution in [0, 0.1) is 13.8 Å². The van der Waals surface area contributed by atoms with Crippen LogP contribution in [0.2, 0.25) is 0 Å². The second-order valence-corrected chi connectivity index (χ2v) is 8.96. The molecule has 3 amide bonds. The molecule has 0 bridgehead atoms. The number of carbonyl (C=O) groups is 3. The number of amides is 3. The molecule has 3 N–H and O–H groups in total. The van der Waals surface area contributed by atoms with E-state index in [-0.39, 0.29) is 12.5 Å². The number of hydrogen-bond acceptors (Lipinski definition) is 7. The predicted molar refractivity (Wildman–Crippen MR) is 148 cm³/mol. The first-order chi connectivity index (χ1) is 18.2. The number of anilines is 2. The van der Waals surface area contributed by atoms with Crippen molar-refractivity contribution in [3.05, 3.63) is 75.8 Å². The zero-order valence-electron chi connectivity index (χ0n) is 21.3. The quantitative estimate of drug-likeness (QED) is 0.197. The van der Waals surface area contributed by atoms with Gasteiger partial charge >= 0.3 is 11.8 Å². The Bertz CT molecular complexity index is 1340. The van der Waals surface area contributed by atoms with Gasteiger partial charge in [-0.3, -0.25) is 14.4 Å². The molecule has 11 heteroatoms. The Morgan fingerprint density at radius 1 is 0.868 bits per heavy atom. The van der Waals surface area contributed by atoms with E-state index in [0.717, 1.165) is 21.3 Å². The fourth-order valence-corrected chi connectivity index (χ4v) is 4.08. The van der Waals surface area contributed by atoms with Crippen molar-refractivity contribution in [3.63, 3.8) is 0 Å². The summed E-state index contributed by atoms with van der Waals surface area (Å²) in [5, 5.41) is 9.14. The highest BCUT2D eigenvalue weighted by Gasteiger charge is 2.14. The van der Waals surface area contributed by atoms with Crippen molar-refractivity contribution >= 4 is 51.2 Å². The van der Waals surface area contributed by atoms with Crippen LogP contribution in [0.25, 0.3) is 0 Å². The summed E-state index contributed by atoms with van der Waals surface area (Å²) < 4.78 is 17.0. The van der Waals surface area contributed by atoms with Gasteiger partial charge in [0.2, 0.25) is 0 Å². The smallest absolute Gasteiger partial charge is 0.329 e. The fourth-order valence-electron chi connectivity index (χ4n) is 3.39. The van der Waals surface area contributed by atoms with Gasteiger partial charge in [0.1, 0.15) is 5.75 Å². The average molecular weight is 583 g/mol. The van der Waals surface area contributed by atoms with Crippen LogP contribution in [-0.4, -0.2) is 44.8 Å². The van der Waals surface area contributed by atoms with E-state index in [4.69, 9.17) is 14.2 Å². The molecule has 0 saturated heterocycles. The Hall–Kier alpha value is -4.38. The molecule has 0 aliphatic rings. The van der Waals surface area contributed by atoms with Gasteiger partial charge in [0.05, 0.1) is 20.4 Å². The Labute approximate surface area is 228 Å². The summed E-state index contributed by atoms with van der Waals surface area (Å²) in [6.45, 7) is 3.60. The number of hydrogen-bond donors (Lipinski definition) is 3. The van der Waals surface area contributed by atoms with E-state index in [1.54, 1.807) is 42.5 Å². The zero-order valence-corrected chi connectivity index (χ0v) is 22.8. The number of rotatable bonds is 9. The summed E-state index contributed by atoms with van der Waals surface area (Å²) in [6, 6.07) is 15.2. The molecule has 3 aromatic rings. The summed E-state index contributed by atoms with van der Waals surface area (Å²) in [5.74, 6) is -0.792. The number of hydrazone groups is 1. The van der Waals surface area contributed by atoms with Gasteiger partial charge in [-0.15, -0.1) is 0 Å². The molecule has 0 aromatic heterocycles. The van der Waals surface area contributed by atoms with Crippen molar-refractivity contribution in [2.75, 3.05) is 31.5 Å². The maximum atomic E-state index is 12.5. The SMILES string of the molecule is COc1ccc(NC(=O)C(=O)N/N=C\c2ccc(OCC(=O)Nc3c(C)cc(Br)cc3C)c(OC)c2)cc1. The maximum Gasteiger partial charge on any atom is 0.329 e. The van der Waals surface area contributed by atoms with E-state index >= 15 is 0 Å². The first-order valence-electron chi connectivity index (χ1n) is 11.4. The third-order valence-electron chi connectivity index (χ3n) is 5.24. The molecule has 38 heavy (non-hydrogen) atoms. The van der Waals surface area contributed by atoms with Crippen LogP contribution in [0.3, 0.4) is 0 Å². The third kappa shape index (κ3) is 7.81. The number of methoxy groups -OCH3 is 2. The minimum Gasteiger partial charge on any atom is -0.497 e. The summed E-state index contributed by atoms with van der Waals surface area (Å²) in [7, 11) is 2.99. The Kier molecular flexibility index (Phi) is 9.83. The minimum absolute atomic E-state index is 0.224. The maximum absolute atomic E-state index is 12.5. The number of nitrogens with one attached hydrogen (secondary N) is 3. The van der Waals surface area contributed by atoms with Crippen molar-refractivity contribution in [3.8, 4) is 17.2 Å². The molecule has 3 aromatic carbocycles. The van der Waals surface area contributed by atoms with Crippen LogP contribution in [0.4, 0.5) is 11.4 Å². The molecule has 0 fully saturated rings. The van der Waals surface area contributed by atoms with Gasteiger partial charge in [0.25, 0.3) is 5.91 Å². The monoisotopic (exact) mass is 582 g/mol. The van der Waals surface area contributed by atoms with Crippen molar-refractivity contribution in [2.45, 2.75) is 13.8 Å². The van der Waals surface area contributed by atoms with Gasteiger partial charge in [0.15, 0.2) is 18.1 Å². The summed E-state index contributed by atoms with van der Waals surface area (Å²) >= 11 is 3.44. The third-order valence-corrected chi connectivity index (χ3v) is 5.70. The van der Waals surface area contributed by atoms with Gasteiger partial charge < -0.3 is 24.8 Å². The Morgan fingerprint density at radius 2 is 1.55 bits per heavy atom. The molecule has 0 aliphatic carbocycles. The average Bonchev–Trinajstić information content (AvgIpc) is 2.90. The lowest BCUT2D eigenvalue weighted by Crippen LogP contribution is -2.32. The van der Waals surface area contributed by atoms with Crippen molar-refractivity contribution in [1.82, 2.24) is 5.43 Å². The molecule has 0 unspecified atom stereocenters. The lowest BCUT2D eigenvalue weighted by Gasteiger charge is -2.14. The van der Waals surface area contributed by atoms with Crippen LogP contribution in [0.5, 0.6) is 17.2 Å². The minimum atomic E-state index is -0.939. The molecule has 0 heterocycles. The normalized spacial score (nSPS) is 10.6. The molecule has 0 atom stereocenters. The van der Waals surface area contributed by atoms with Gasteiger partial charge in [0, 0.05) is 15.8 Å². The topological polar surface area (TPSA) is 127 Å². The van der Waals surface area contributed by atoms with Crippen LogP contribution in [-0.2, 0) is 14.4 Å². The van der Waals surface area contributed by atoms with E-state index in [0.29, 0.717) is 28.5 Å². The molecular formula is C27H27BrN4O6. The van der Waals surface area contributed by atoms with Gasteiger partial charge in [-0.05, 0) is 85.1 Å². The summed E-state index contributed by atoms with van der Waals surface area (Å²) in [4.78, 5) is 36.5. The summed E-state index contributed by atoms with van der Waals surface area (Å²) in [5.41, 5.74) is 5.76. The number of carbonyl (C=O) groups excluding carboxylic acids is 3. The van der Waals surface area contributed by atoms with Crippen LogP contribution < -0.4 is 30.3 Å². The van der Waals surface area contributed by atoms with Crippen molar-refractivity contribution in [1.29, 1.82) is 0 Å². The molecule has 0 saturated carbocycles. The van der Waals surface area contributed by atoms with E-state index in [2.05, 4.69) is 37.1 Å². The van der Waals surface area contributed by atoms with Crippen LogP contribution in [0.15, 0.2) is 64.2 Å². The van der Waals surface area contributed by atoms with E-state index in [1.807, 2.05) is 26.0 Å². The molecular weight excluding hydrogens is 556 g/mol. The molecule has 0 radical (unpaired) electrons. The highest BCUT2D eigenvalue weighted by Crippen LogP contribution is 2.28. The number of aryl methyl sites for hydroxylation is 2. The van der Waals surface area contributed by atoms with E-state index in [9.17, 15) is 14.4 Å². The number of halogens is 1. The second kappa shape index (κ2) is 13.2. The summed E-state index contributed by atoms with van der Waals surface area (Å²) in [6.07, 6.45) is 1.34. The number of nitrogens with zero attached hydrogens (tertiary/aromatic N) is 1. The van der Waals surface area contributed by atoms with Crippen molar-refractivity contribution < 1.29 is 28.6 Å². The van der Waals surface area contributed by atoms with E-state index < -0.39 is 11.8 Å². The highest BCUT2D eigenvalue weighted by atomic mass is 79.9. The van der Waals surface area contributed by atoms with Gasteiger partial charge in [-0.1, -0.05) is 15.9 Å². The predicted octanol–water partition coefficient (Wildman–Crippen LogP) is 4.19. The van der Waals surface area contributed by atoms with Gasteiger partial charge in [-0.25, -0.2) is 5.43 Å². The van der Waals surface area contributed by atoms with Crippen molar-refractivity contribution in [2.24, 2.45) is 5.10 Å². The number of benzene rings is 3. The Balaban J connectivity index is 1.54. The second-order valence-electron chi connectivity index (χ2n) is 8.04. The first-order valence-corrected chi connectivity index (χ1v) is 12.2. The molecule has 0 aliphatic heterocycles. The molecule has 3 rings (SSSR count). The Morgan fingerprint density at radius 3 is 2.18 bits per heavy atom. The zero-order chi connectivity index (χ0) is 27.7. The highest BCUT2D eigenvalue weighted by molar-refractivity contribution is 9.10. The largest absolute Gasteiger partial charge is 0.497 e. The lowest BCUT2D eigenvalue weighted by molar-refractivity contribution is -0.136. The first kappa shape index (κ1) is 28.2. The molecule has 0 spiro atoms. The van der Waals surface area contributed by atoms with Crippen LogP contribution in [0.1, 0.15) is 16.7 Å². The standard InChI is InChI=1S/C27H27BrN4O6/c1-16-11-19(28)12-17(2)25(16)31-24(33)15-38-22-10-5-18(13-23(22)37-4)14-29-32-27(35)26(34)30-20-6-8-21(36-3)9-7-20/h5-14H,15H2,1-4H3,(H,30,34)(H,31,33)(H,32,35)/b29-14-. The molecule has 198 valence electrons.